The summed E-state index contributed by atoms with van der Waals surface area (Å²) in [7, 11) is 1.87. The molecule has 0 saturated heterocycles. The minimum atomic E-state index is -0.712. The maximum absolute atomic E-state index is 10.4. The largest absolute Gasteiger partial charge is 0.468 e. The van der Waals surface area contributed by atoms with Crippen LogP contribution in [0.2, 0.25) is 0 Å². The molecule has 5 rings (SSSR count). The number of pyridine rings is 1. The van der Waals surface area contributed by atoms with E-state index in [0.29, 0.717) is 5.88 Å². The van der Waals surface area contributed by atoms with Gasteiger partial charge >= 0.3 is 0 Å². The van der Waals surface area contributed by atoms with Crippen molar-refractivity contribution in [2.24, 2.45) is 5.73 Å². The third-order valence-corrected chi connectivity index (χ3v) is 6.53. The second-order valence-electron chi connectivity index (χ2n) is 8.51. The van der Waals surface area contributed by atoms with Crippen LogP contribution >= 0.6 is 0 Å². The zero-order valence-electron chi connectivity index (χ0n) is 17.4. The highest BCUT2D eigenvalue weighted by atomic mass is 16.5. The molecule has 5 heteroatoms. The molecule has 1 fully saturated rings. The van der Waals surface area contributed by atoms with E-state index in [1.165, 1.54) is 12.0 Å². The number of ether oxygens (including phenoxy) is 1. The first-order valence-corrected chi connectivity index (χ1v) is 10.5. The molecule has 5 nitrogen and oxygen atoms in total. The first-order chi connectivity index (χ1) is 14.5. The molecule has 30 heavy (non-hydrogen) atoms. The number of nitrogens with two attached hydrogens (primary N) is 1. The first-order valence-electron chi connectivity index (χ1n) is 10.5. The maximum atomic E-state index is 10.4. The van der Waals surface area contributed by atoms with E-state index in [1.807, 2.05) is 37.1 Å². The van der Waals surface area contributed by atoms with Crippen LogP contribution in [0.5, 0.6) is 5.88 Å². The van der Waals surface area contributed by atoms with Crippen molar-refractivity contribution in [1.29, 1.82) is 0 Å². The fourth-order valence-electron chi connectivity index (χ4n) is 4.38. The second-order valence-corrected chi connectivity index (χ2v) is 8.51. The zero-order chi connectivity index (χ0) is 20.9. The van der Waals surface area contributed by atoms with Gasteiger partial charge in [0.1, 0.15) is 11.8 Å². The highest BCUT2D eigenvalue weighted by molar-refractivity contribution is 5.85. The van der Waals surface area contributed by atoms with Crippen molar-refractivity contribution >= 4 is 5.69 Å². The fourth-order valence-corrected chi connectivity index (χ4v) is 4.38. The van der Waals surface area contributed by atoms with Gasteiger partial charge in [0.25, 0.3) is 0 Å². The Morgan fingerprint density at radius 3 is 2.40 bits per heavy atom. The number of nitrogens with zero attached hydrogens (tertiary/aromatic N) is 2. The van der Waals surface area contributed by atoms with Crippen molar-refractivity contribution in [2.75, 3.05) is 11.9 Å². The zero-order valence-corrected chi connectivity index (χ0v) is 17.4. The SMILES string of the molecule is CC1Oc2nc(-c3ccc(C4(N)CCC4)cc3)c(-c3ccccc3)cc2N(C)C1O. The lowest BCUT2D eigenvalue weighted by atomic mass is 9.72. The quantitative estimate of drug-likeness (QED) is 0.685. The minimum Gasteiger partial charge on any atom is -0.468 e. The lowest BCUT2D eigenvalue weighted by molar-refractivity contribution is 0.0334. The van der Waals surface area contributed by atoms with Crippen LogP contribution in [0.1, 0.15) is 31.7 Å². The molecule has 2 aromatic carbocycles. The Balaban J connectivity index is 1.64. The Labute approximate surface area is 177 Å². The molecule has 154 valence electrons. The van der Waals surface area contributed by atoms with E-state index in [2.05, 4.69) is 42.5 Å². The highest BCUT2D eigenvalue weighted by Crippen LogP contribution is 2.43. The number of hydrogen-bond acceptors (Lipinski definition) is 5. The standard InChI is InChI=1S/C25H27N3O2/c1-16-24(29)28(2)21-15-20(17-7-4-3-5-8-17)22(27-23(21)30-16)18-9-11-19(12-10-18)25(26)13-6-14-25/h3-5,7-12,15-16,24,29H,6,13-14,26H2,1-2H3. The first kappa shape index (κ1) is 19.1. The number of aliphatic hydroxyl groups excluding tert-OH is 1. The minimum absolute atomic E-state index is 0.179. The number of likely N-dealkylation sites (N-methyl/N-ethyl adjacent to an activating group) is 1. The molecule has 3 N–H and O–H groups in total. The molecule has 1 aromatic heterocycles. The van der Waals surface area contributed by atoms with Gasteiger partial charge in [0, 0.05) is 23.7 Å². The van der Waals surface area contributed by atoms with Crippen molar-refractivity contribution in [3.05, 3.63) is 66.2 Å². The Morgan fingerprint density at radius 1 is 1.07 bits per heavy atom. The summed E-state index contributed by atoms with van der Waals surface area (Å²) in [5.41, 5.74) is 12.3. The Kier molecular flexibility index (Phi) is 4.53. The number of aromatic nitrogens is 1. The van der Waals surface area contributed by atoms with E-state index in [-0.39, 0.29) is 11.6 Å². The number of hydrogen-bond donors (Lipinski definition) is 2. The summed E-state index contributed by atoms with van der Waals surface area (Å²) in [5, 5.41) is 10.4. The van der Waals surface area contributed by atoms with E-state index in [0.717, 1.165) is 40.9 Å². The third kappa shape index (κ3) is 3.06. The summed E-state index contributed by atoms with van der Waals surface area (Å²) >= 11 is 0. The van der Waals surface area contributed by atoms with Crippen molar-refractivity contribution in [3.8, 4) is 28.3 Å². The number of aliphatic hydroxyl groups is 1. The van der Waals surface area contributed by atoms with Gasteiger partial charge in [0.2, 0.25) is 5.88 Å². The molecule has 2 aliphatic rings. The van der Waals surface area contributed by atoms with Gasteiger partial charge in [0.05, 0.1) is 5.69 Å². The number of anilines is 1. The average molecular weight is 402 g/mol. The van der Waals surface area contributed by atoms with E-state index in [1.54, 1.807) is 0 Å². The molecular weight excluding hydrogens is 374 g/mol. The topological polar surface area (TPSA) is 71.6 Å². The molecule has 1 aliphatic carbocycles. The number of fused-ring (bicyclic) bond motifs is 1. The average Bonchev–Trinajstić information content (AvgIpc) is 2.76. The van der Waals surface area contributed by atoms with Gasteiger partial charge in [-0.05, 0) is 43.4 Å². The van der Waals surface area contributed by atoms with Crippen LogP contribution in [-0.4, -0.2) is 29.5 Å². The van der Waals surface area contributed by atoms with Crippen LogP contribution in [0.15, 0.2) is 60.7 Å². The molecule has 0 radical (unpaired) electrons. The third-order valence-electron chi connectivity index (χ3n) is 6.53. The summed E-state index contributed by atoms with van der Waals surface area (Å²) in [6, 6.07) is 20.7. The van der Waals surface area contributed by atoms with Crippen molar-refractivity contribution in [3.63, 3.8) is 0 Å². The monoisotopic (exact) mass is 401 g/mol. The van der Waals surface area contributed by atoms with Crippen LogP contribution in [0.25, 0.3) is 22.4 Å². The Bertz CT molecular complexity index is 1060. The molecule has 2 heterocycles. The van der Waals surface area contributed by atoms with Crippen molar-refractivity contribution in [1.82, 2.24) is 4.98 Å². The molecule has 2 unspecified atom stereocenters. The molecule has 1 saturated carbocycles. The second kappa shape index (κ2) is 7.11. The van der Waals surface area contributed by atoms with Gasteiger partial charge < -0.3 is 20.5 Å². The molecule has 3 aromatic rings. The van der Waals surface area contributed by atoms with Crippen LogP contribution in [-0.2, 0) is 5.54 Å². The van der Waals surface area contributed by atoms with Gasteiger partial charge in [-0.3, -0.25) is 0 Å². The van der Waals surface area contributed by atoms with Gasteiger partial charge in [-0.2, -0.15) is 0 Å². The van der Waals surface area contributed by atoms with Gasteiger partial charge in [-0.25, -0.2) is 4.98 Å². The summed E-state index contributed by atoms with van der Waals surface area (Å²) in [4.78, 5) is 6.74. The molecule has 0 spiro atoms. The highest BCUT2D eigenvalue weighted by Gasteiger charge is 2.34. The smallest absolute Gasteiger partial charge is 0.238 e. The molecule has 1 aliphatic heterocycles. The lowest BCUT2D eigenvalue weighted by Gasteiger charge is -2.38. The summed E-state index contributed by atoms with van der Waals surface area (Å²) in [6.07, 6.45) is 2.20. The van der Waals surface area contributed by atoms with Gasteiger partial charge in [-0.15, -0.1) is 0 Å². The van der Waals surface area contributed by atoms with Crippen LogP contribution < -0.4 is 15.4 Å². The van der Waals surface area contributed by atoms with Gasteiger partial charge in [0.15, 0.2) is 6.23 Å². The van der Waals surface area contributed by atoms with E-state index >= 15 is 0 Å². The maximum Gasteiger partial charge on any atom is 0.238 e. The Hall–Kier alpha value is -2.89. The predicted molar refractivity (Wildman–Crippen MR) is 119 cm³/mol. The van der Waals surface area contributed by atoms with E-state index in [9.17, 15) is 5.11 Å². The normalized spacial score (nSPS) is 22.1. The van der Waals surface area contributed by atoms with Crippen molar-refractivity contribution in [2.45, 2.75) is 44.1 Å². The summed E-state index contributed by atoms with van der Waals surface area (Å²) < 4.78 is 5.95. The van der Waals surface area contributed by atoms with E-state index in [4.69, 9.17) is 15.5 Å². The fraction of sp³-hybridized carbons (Fsp3) is 0.320. The summed E-state index contributed by atoms with van der Waals surface area (Å²) in [5.74, 6) is 0.545. The molecule has 2 atom stereocenters. The predicted octanol–water partition coefficient (Wildman–Crippen LogP) is 4.29. The molecular formula is C25H27N3O2. The summed E-state index contributed by atoms with van der Waals surface area (Å²) in [6.45, 7) is 1.85. The lowest BCUT2D eigenvalue weighted by Crippen LogP contribution is -2.46. The number of benzene rings is 2. The molecule has 0 bridgehead atoms. The van der Waals surface area contributed by atoms with Crippen LogP contribution in [0.3, 0.4) is 0 Å². The van der Waals surface area contributed by atoms with Crippen LogP contribution in [0.4, 0.5) is 5.69 Å². The van der Waals surface area contributed by atoms with Crippen LogP contribution in [0, 0.1) is 0 Å². The molecule has 0 amide bonds. The van der Waals surface area contributed by atoms with Gasteiger partial charge in [-0.1, -0.05) is 54.6 Å². The van der Waals surface area contributed by atoms with Crippen molar-refractivity contribution < 1.29 is 9.84 Å². The van der Waals surface area contributed by atoms with E-state index < -0.39 is 6.23 Å². The Morgan fingerprint density at radius 2 is 1.77 bits per heavy atom. The number of rotatable bonds is 3.